The monoisotopic (exact) mass is 468 g/mol. The largest absolute Gasteiger partial charge is 0.484 e. The van der Waals surface area contributed by atoms with E-state index in [1.807, 2.05) is 31.2 Å². The Hall–Kier alpha value is -2.89. The summed E-state index contributed by atoms with van der Waals surface area (Å²) < 4.78 is 19.2. The third-order valence-electron chi connectivity index (χ3n) is 6.44. The van der Waals surface area contributed by atoms with Crippen LogP contribution in [0.15, 0.2) is 48.5 Å². The quantitative estimate of drug-likeness (QED) is 0.538. The van der Waals surface area contributed by atoms with Crippen LogP contribution in [0.1, 0.15) is 70.9 Å². The molecule has 0 bridgehead atoms. The van der Waals surface area contributed by atoms with Crippen molar-refractivity contribution in [1.29, 1.82) is 0 Å². The lowest BCUT2D eigenvalue weighted by Gasteiger charge is -2.31. The van der Waals surface area contributed by atoms with Crippen molar-refractivity contribution < 1.29 is 18.7 Å². The smallest absolute Gasteiger partial charge is 0.261 e. The first kappa shape index (κ1) is 25.7. The van der Waals surface area contributed by atoms with Gasteiger partial charge in [-0.1, -0.05) is 64.8 Å². The zero-order valence-corrected chi connectivity index (χ0v) is 20.8. The Balaban J connectivity index is 1.73. The van der Waals surface area contributed by atoms with E-state index in [0.717, 1.165) is 31.2 Å². The lowest BCUT2D eigenvalue weighted by atomic mass is 9.87. The number of rotatable bonds is 9. The number of carbonyl (C=O) groups is 2. The van der Waals surface area contributed by atoms with E-state index in [4.69, 9.17) is 4.74 Å². The number of nitrogens with one attached hydrogen (secondary N) is 1. The van der Waals surface area contributed by atoms with Gasteiger partial charge in [0.05, 0.1) is 0 Å². The van der Waals surface area contributed by atoms with Crippen molar-refractivity contribution in [2.24, 2.45) is 0 Å². The number of halogens is 1. The Morgan fingerprint density at radius 3 is 2.24 bits per heavy atom. The molecule has 2 amide bonds. The summed E-state index contributed by atoms with van der Waals surface area (Å²) in [6.45, 7) is 8.35. The summed E-state index contributed by atoms with van der Waals surface area (Å²) in [4.78, 5) is 28.0. The highest BCUT2D eigenvalue weighted by atomic mass is 19.1. The van der Waals surface area contributed by atoms with E-state index in [-0.39, 0.29) is 42.2 Å². The highest BCUT2D eigenvalue weighted by Gasteiger charge is 2.31. The Morgan fingerprint density at radius 1 is 1.06 bits per heavy atom. The Labute approximate surface area is 202 Å². The number of amides is 2. The molecule has 0 aromatic heterocycles. The summed E-state index contributed by atoms with van der Waals surface area (Å²) in [7, 11) is 0. The fraction of sp³-hybridized carbons (Fsp3) is 0.500. The molecule has 6 heteroatoms. The molecule has 0 unspecified atom stereocenters. The van der Waals surface area contributed by atoms with Gasteiger partial charge in [0.15, 0.2) is 6.61 Å². The number of carbonyl (C=O) groups excluding carboxylic acids is 2. The third-order valence-corrected chi connectivity index (χ3v) is 6.44. The zero-order chi connectivity index (χ0) is 24.7. The second-order valence-corrected chi connectivity index (χ2v) is 10.1. The summed E-state index contributed by atoms with van der Waals surface area (Å²) in [5.41, 5.74) is 1.97. The molecule has 1 aliphatic carbocycles. The van der Waals surface area contributed by atoms with Crippen LogP contribution in [0, 0.1) is 5.82 Å². The van der Waals surface area contributed by atoms with E-state index < -0.39 is 6.04 Å². The molecule has 0 heterocycles. The van der Waals surface area contributed by atoms with Gasteiger partial charge < -0.3 is 15.0 Å². The van der Waals surface area contributed by atoms with Crippen LogP contribution < -0.4 is 10.1 Å². The van der Waals surface area contributed by atoms with Gasteiger partial charge in [-0.25, -0.2) is 4.39 Å². The van der Waals surface area contributed by atoms with Gasteiger partial charge in [-0.3, -0.25) is 9.59 Å². The molecule has 34 heavy (non-hydrogen) atoms. The molecule has 2 aromatic rings. The van der Waals surface area contributed by atoms with Crippen molar-refractivity contribution in [3.05, 3.63) is 65.5 Å². The van der Waals surface area contributed by atoms with E-state index in [0.29, 0.717) is 12.2 Å². The standard InChI is InChI=1S/C28H37FN2O3/c1-5-25(27(33)30-23-8-6-7-9-23)31(18-20-10-14-22(29)15-11-20)26(32)19-34-24-16-12-21(13-17-24)28(2,3)4/h10-17,23,25H,5-9,18-19H2,1-4H3,(H,30,33)/t25-/m1/s1. The van der Waals surface area contributed by atoms with Crippen molar-refractivity contribution in [3.63, 3.8) is 0 Å². The molecular formula is C28H37FN2O3. The molecule has 1 atom stereocenters. The van der Waals surface area contributed by atoms with Crippen LogP contribution in [-0.2, 0) is 21.5 Å². The highest BCUT2D eigenvalue weighted by molar-refractivity contribution is 5.88. The first-order valence-corrected chi connectivity index (χ1v) is 12.2. The van der Waals surface area contributed by atoms with E-state index in [9.17, 15) is 14.0 Å². The van der Waals surface area contributed by atoms with Crippen molar-refractivity contribution in [2.45, 2.75) is 83.8 Å². The lowest BCUT2D eigenvalue weighted by molar-refractivity contribution is -0.143. The average molecular weight is 469 g/mol. The molecule has 1 N–H and O–H groups in total. The maximum atomic E-state index is 13.4. The van der Waals surface area contributed by atoms with Crippen molar-refractivity contribution in [1.82, 2.24) is 10.2 Å². The van der Waals surface area contributed by atoms with E-state index >= 15 is 0 Å². The molecule has 3 rings (SSSR count). The summed E-state index contributed by atoms with van der Waals surface area (Å²) in [5, 5.41) is 3.12. The second-order valence-electron chi connectivity index (χ2n) is 10.1. The summed E-state index contributed by atoms with van der Waals surface area (Å²) >= 11 is 0. The van der Waals surface area contributed by atoms with Crippen LogP contribution >= 0.6 is 0 Å². The average Bonchev–Trinajstić information content (AvgIpc) is 3.31. The third kappa shape index (κ3) is 7.05. The number of hydrogen-bond donors (Lipinski definition) is 1. The molecule has 1 aliphatic rings. The maximum Gasteiger partial charge on any atom is 0.261 e. The fourth-order valence-corrected chi connectivity index (χ4v) is 4.35. The van der Waals surface area contributed by atoms with Gasteiger partial charge in [-0.15, -0.1) is 0 Å². The van der Waals surface area contributed by atoms with Crippen LogP contribution in [0.4, 0.5) is 4.39 Å². The van der Waals surface area contributed by atoms with Crippen molar-refractivity contribution in [2.75, 3.05) is 6.61 Å². The van der Waals surface area contributed by atoms with Gasteiger partial charge in [0, 0.05) is 12.6 Å². The minimum absolute atomic E-state index is 0.0291. The predicted octanol–water partition coefficient (Wildman–Crippen LogP) is 5.37. The molecule has 0 radical (unpaired) electrons. The van der Waals surface area contributed by atoms with Crippen LogP contribution in [-0.4, -0.2) is 35.4 Å². The van der Waals surface area contributed by atoms with Crippen LogP contribution in [0.25, 0.3) is 0 Å². The molecular weight excluding hydrogens is 431 g/mol. The van der Waals surface area contributed by atoms with Crippen molar-refractivity contribution >= 4 is 11.8 Å². The Kier molecular flexibility index (Phi) is 8.70. The van der Waals surface area contributed by atoms with E-state index in [1.54, 1.807) is 17.0 Å². The van der Waals surface area contributed by atoms with Gasteiger partial charge in [0.1, 0.15) is 17.6 Å². The van der Waals surface area contributed by atoms with Gasteiger partial charge in [-0.05, 0) is 60.1 Å². The van der Waals surface area contributed by atoms with Crippen molar-refractivity contribution in [3.8, 4) is 5.75 Å². The van der Waals surface area contributed by atoms with Gasteiger partial charge in [-0.2, -0.15) is 0 Å². The first-order chi connectivity index (χ1) is 16.2. The normalized spacial score (nSPS) is 15.1. The zero-order valence-electron chi connectivity index (χ0n) is 20.8. The van der Waals surface area contributed by atoms with Gasteiger partial charge in [0.2, 0.25) is 5.91 Å². The minimum atomic E-state index is -0.620. The molecule has 0 aliphatic heterocycles. The maximum absolute atomic E-state index is 13.4. The number of benzene rings is 2. The predicted molar refractivity (Wildman–Crippen MR) is 132 cm³/mol. The molecule has 184 valence electrons. The Bertz CT molecular complexity index is 945. The summed E-state index contributed by atoms with van der Waals surface area (Å²) in [6.07, 6.45) is 4.65. The SMILES string of the molecule is CC[C@H](C(=O)NC1CCCC1)N(Cc1ccc(F)cc1)C(=O)COc1ccc(C(C)(C)C)cc1. The van der Waals surface area contributed by atoms with Crippen LogP contribution in [0.2, 0.25) is 0 Å². The molecule has 0 saturated heterocycles. The van der Waals surface area contributed by atoms with Gasteiger partial charge >= 0.3 is 0 Å². The molecule has 5 nitrogen and oxygen atoms in total. The topological polar surface area (TPSA) is 58.6 Å². The summed E-state index contributed by atoms with van der Waals surface area (Å²) in [5.74, 6) is -0.154. The summed E-state index contributed by atoms with van der Waals surface area (Å²) in [6, 6.07) is 13.3. The molecule has 2 aromatic carbocycles. The number of ether oxygens (including phenoxy) is 1. The van der Waals surface area contributed by atoms with Gasteiger partial charge in [0.25, 0.3) is 5.91 Å². The van der Waals surface area contributed by atoms with E-state index in [2.05, 4.69) is 26.1 Å². The number of hydrogen-bond acceptors (Lipinski definition) is 3. The molecule has 1 fully saturated rings. The van der Waals surface area contributed by atoms with Crippen LogP contribution in [0.5, 0.6) is 5.75 Å². The van der Waals surface area contributed by atoms with E-state index in [1.165, 1.54) is 17.7 Å². The molecule has 0 spiro atoms. The number of nitrogens with zero attached hydrogens (tertiary/aromatic N) is 1. The Morgan fingerprint density at radius 2 is 1.68 bits per heavy atom. The fourth-order valence-electron chi connectivity index (χ4n) is 4.35. The highest BCUT2D eigenvalue weighted by Crippen LogP contribution is 2.24. The minimum Gasteiger partial charge on any atom is -0.484 e. The van der Waals surface area contributed by atoms with Crippen LogP contribution in [0.3, 0.4) is 0 Å². The second kappa shape index (κ2) is 11.5. The lowest BCUT2D eigenvalue weighted by Crippen LogP contribution is -2.52. The molecule has 1 saturated carbocycles. The first-order valence-electron chi connectivity index (χ1n) is 12.2.